The first-order valence-corrected chi connectivity index (χ1v) is 8.20. The number of aryl methyl sites for hydroxylation is 2. The van der Waals surface area contributed by atoms with Crippen molar-refractivity contribution in [2.24, 2.45) is 0 Å². The molecule has 1 aromatic carbocycles. The van der Waals surface area contributed by atoms with Crippen molar-refractivity contribution in [2.75, 3.05) is 17.2 Å². The molecule has 0 atom stereocenters. The third-order valence-electron chi connectivity index (χ3n) is 3.69. The Kier molecular flexibility index (Phi) is 4.39. The average Bonchev–Trinajstić information content (AvgIpc) is 2.96. The maximum absolute atomic E-state index is 4.33. The van der Waals surface area contributed by atoms with Crippen LogP contribution in [0.15, 0.2) is 29.0 Å². The molecule has 0 spiro atoms. The van der Waals surface area contributed by atoms with E-state index in [-0.39, 0.29) is 0 Å². The highest BCUT2D eigenvalue weighted by Crippen LogP contribution is 2.31. The fourth-order valence-electron chi connectivity index (χ4n) is 2.61. The average molecular weight is 347 g/mol. The van der Waals surface area contributed by atoms with Crippen molar-refractivity contribution in [1.82, 2.24) is 9.97 Å². The van der Waals surface area contributed by atoms with E-state index in [2.05, 4.69) is 61.7 Å². The first kappa shape index (κ1) is 14.3. The van der Waals surface area contributed by atoms with Gasteiger partial charge in [0, 0.05) is 12.2 Å². The standard InChI is InChI=1S/C16H19BrN4/c1-2-8-18-15-14(17)16(20-10-19-15)21-13-7-6-11-4-3-5-12(11)9-13/h6-7,9-10H,2-5,8H2,1H3,(H2,18,19,20,21). The molecule has 1 aliphatic carbocycles. The maximum Gasteiger partial charge on any atom is 0.150 e. The minimum atomic E-state index is 0.793. The van der Waals surface area contributed by atoms with Gasteiger partial charge in [0.1, 0.15) is 22.4 Å². The number of aromatic nitrogens is 2. The molecule has 0 amide bonds. The molecule has 1 heterocycles. The van der Waals surface area contributed by atoms with Gasteiger partial charge in [0.2, 0.25) is 0 Å². The van der Waals surface area contributed by atoms with Gasteiger partial charge in [-0.1, -0.05) is 13.0 Å². The van der Waals surface area contributed by atoms with Crippen LogP contribution in [0, 0.1) is 0 Å². The zero-order valence-corrected chi connectivity index (χ0v) is 13.7. The van der Waals surface area contributed by atoms with E-state index in [1.807, 2.05) is 0 Å². The third-order valence-corrected chi connectivity index (χ3v) is 4.44. The SMILES string of the molecule is CCCNc1ncnc(Nc2ccc3c(c2)CCC3)c1Br. The normalized spacial score (nSPS) is 13.0. The van der Waals surface area contributed by atoms with E-state index in [9.17, 15) is 0 Å². The molecule has 0 aliphatic heterocycles. The minimum absolute atomic E-state index is 0.793. The highest BCUT2D eigenvalue weighted by atomic mass is 79.9. The fraction of sp³-hybridized carbons (Fsp3) is 0.375. The number of fused-ring (bicyclic) bond motifs is 1. The quantitative estimate of drug-likeness (QED) is 0.847. The maximum atomic E-state index is 4.33. The lowest BCUT2D eigenvalue weighted by atomic mass is 10.1. The van der Waals surface area contributed by atoms with Gasteiger partial charge in [-0.05, 0) is 64.9 Å². The van der Waals surface area contributed by atoms with E-state index < -0.39 is 0 Å². The van der Waals surface area contributed by atoms with Crippen LogP contribution >= 0.6 is 15.9 Å². The number of anilines is 3. The second-order valence-corrected chi connectivity index (χ2v) is 6.07. The molecule has 0 bridgehead atoms. The third kappa shape index (κ3) is 3.18. The summed E-state index contributed by atoms with van der Waals surface area (Å²) in [5, 5.41) is 6.67. The lowest BCUT2D eigenvalue weighted by molar-refractivity contribution is 0.912. The molecule has 0 fully saturated rings. The first-order chi connectivity index (χ1) is 10.3. The Hall–Kier alpha value is -1.62. The Morgan fingerprint density at radius 2 is 1.95 bits per heavy atom. The van der Waals surface area contributed by atoms with Crippen molar-refractivity contribution in [3.63, 3.8) is 0 Å². The number of hydrogen-bond acceptors (Lipinski definition) is 4. The molecule has 0 unspecified atom stereocenters. The Labute approximate surface area is 133 Å². The van der Waals surface area contributed by atoms with Crippen LogP contribution in [0.4, 0.5) is 17.3 Å². The summed E-state index contributed by atoms with van der Waals surface area (Å²) < 4.78 is 0.874. The second-order valence-electron chi connectivity index (χ2n) is 5.27. The van der Waals surface area contributed by atoms with Crippen LogP contribution in [0.25, 0.3) is 0 Å². The smallest absolute Gasteiger partial charge is 0.150 e. The highest BCUT2D eigenvalue weighted by Gasteiger charge is 2.12. The minimum Gasteiger partial charge on any atom is -0.369 e. The van der Waals surface area contributed by atoms with Gasteiger partial charge in [0.25, 0.3) is 0 Å². The van der Waals surface area contributed by atoms with Crippen molar-refractivity contribution >= 4 is 33.3 Å². The molecule has 4 nitrogen and oxygen atoms in total. The van der Waals surface area contributed by atoms with E-state index in [1.54, 1.807) is 6.33 Å². The van der Waals surface area contributed by atoms with Crippen molar-refractivity contribution in [1.29, 1.82) is 0 Å². The Bertz CT molecular complexity index is 642. The summed E-state index contributed by atoms with van der Waals surface area (Å²) in [6.45, 7) is 3.03. The topological polar surface area (TPSA) is 49.8 Å². The van der Waals surface area contributed by atoms with Gasteiger partial charge in [-0.25, -0.2) is 9.97 Å². The van der Waals surface area contributed by atoms with Crippen molar-refractivity contribution in [2.45, 2.75) is 32.6 Å². The van der Waals surface area contributed by atoms with E-state index in [0.717, 1.165) is 34.8 Å². The Balaban J connectivity index is 1.81. The van der Waals surface area contributed by atoms with E-state index in [1.165, 1.54) is 30.4 Å². The van der Waals surface area contributed by atoms with Crippen molar-refractivity contribution in [3.05, 3.63) is 40.1 Å². The lowest BCUT2D eigenvalue weighted by Crippen LogP contribution is -2.05. The summed E-state index contributed by atoms with van der Waals surface area (Å²) in [7, 11) is 0. The molecule has 0 saturated heterocycles. The molecule has 1 aliphatic rings. The molecule has 21 heavy (non-hydrogen) atoms. The van der Waals surface area contributed by atoms with Crippen LogP contribution < -0.4 is 10.6 Å². The number of benzene rings is 1. The summed E-state index contributed by atoms with van der Waals surface area (Å²) in [5.41, 5.74) is 4.01. The predicted octanol–water partition coefficient (Wildman–Crippen LogP) is 4.29. The number of nitrogens with one attached hydrogen (secondary N) is 2. The van der Waals surface area contributed by atoms with E-state index in [4.69, 9.17) is 0 Å². The number of rotatable bonds is 5. The van der Waals surface area contributed by atoms with Crippen LogP contribution in [0.1, 0.15) is 30.9 Å². The monoisotopic (exact) mass is 346 g/mol. The molecule has 1 aromatic heterocycles. The summed E-state index contributed by atoms with van der Waals surface area (Å²) >= 11 is 3.58. The summed E-state index contributed by atoms with van der Waals surface area (Å²) in [6, 6.07) is 6.57. The van der Waals surface area contributed by atoms with Gasteiger partial charge < -0.3 is 10.6 Å². The number of nitrogens with zero attached hydrogens (tertiary/aromatic N) is 2. The van der Waals surface area contributed by atoms with Crippen LogP contribution in [0.3, 0.4) is 0 Å². The number of halogens is 1. The van der Waals surface area contributed by atoms with Gasteiger partial charge in [-0.2, -0.15) is 0 Å². The largest absolute Gasteiger partial charge is 0.369 e. The Morgan fingerprint density at radius 1 is 1.14 bits per heavy atom. The number of hydrogen-bond donors (Lipinski definition) is 2. The molecule has 0 radical (unpaired) electrons. The molecule has 110 valence electrons. The van der Waals surface area contributed by atoms with Gasteiger partial charge >= 0.3 is 0 Å². The summed E-state index contributed by atoms with van der Waals surface area (Å²) in [5.74, 6) is 1.62. The zero-order valence-electron chi connectivity index (χ0n) is 12.1. The molecule has 2 N–H and O–H groups in total. The van der Waals surface area contributed by atoms with Gasteiger partial charge in [0.05, 0.1) is 0 Å². The van der Waals surface area contributed by atoms with Crippen LogP contribution in [0.5, 0.6) is 0 Å². The van der Waals surface area contributed by atoms with Crippen molar-refractivity contribution < 1.29 is 0 Å². The summed E-state index contributed by atoms with van der Waals surface area (Å²) in [6.07, 6.45) is 6.29. The molecule has 0 saturated carbocycles. The first-order valence-electron chi connectivity index (χ1n) is 7.41. The second kappa shape index (κ2) is 6.43. The molecule has 2 aromatic rings. The van der Waals surface area contributed by atoms with Crippen LogP contribution in [-0.4, -0.2) is 16.5 Å². The highest BCUT2D eigenvalue weighted by molar-refractivity contribution is 9.10. The molecular formula is C16H19BrN4. The predicted molar refractivity (Wildman–Crippen MR) is 90.3 cm³/mol. The van der Waals surface area contributed by atoms with Gasteiger partial charge in [-0.3, -0.25) is 0 Å². The molecule has 5 heteroatoms. The summed E-state index contributed by atoms with van der Waals surface area (Å²) in [4.78, 5) is 8.59. The van der Waals surface area contributed by atoms with E-state index in [0.29, 0.717) is 0 Å². The van der Waals surface area contributed by atoms with Gasteiger partial charge in [-0.15, -0.1) is 0 Å². The van der Waals surface area contributed by atoms with Crippen LogP contribution in [-0.2, 0) is 12.8 Å². The van der Waals surface area contributed by atoms with E-state index >= 15 is 0 Å². The Morgan fingerprint density at radius 3 is 2.81 bits per heavy atom. The lowest BCUT2D eigenvalue weighted by Gasteiger charge is -2.12. The molecular weight excluding hydrogens is 328 g/mol. The van der Waals surface area contributed by atoms with Crippen LogP contribution in [0.2, 0.25) is 0 Å². The molecule has 3 rings (SSSR count). The zero-order chi connectivity index (χ0) is 14.7. The van der Waals surface area contributed by atoms with Crippen molar-refractivity contribution in [3.8, 4) is 0 Å². The fourth-order valence-corrected chi connectivity index (χ4v) is 3.05. The van der Waals surface area contributed by atoms with Gasteiger partial charge in [0.15, 0.2) is 0 Å².